The van der Waals surface area contributed by atoms with E-state index in [1.54, 1.807) is 20.4 Å². The molecule has 3 aliphatic heterocycles. The quantitative estimate of drug-likeness (QED) is 0.134. The molecule has 0 bridgehead atoms. The average Bonchev–Trinajstić information content (AvgIpc) is 4.13. The number of pyridine rings is 2. The van der Waals surface area contributed by atoms with Crippen LogP contribution in [0.4, 0.5) is 11.4 Å². The molecule has 0 N–H and O–H groups in total. The first kappa shape index (κ1) is 54.6. The maximum atomic E-state index is 6.13. The summed E-state index contributed by atoms with van der Waals surface area (Å²) in [5, 5.41) is 11.0. The number of aromatic nitrogens is 8. The Labute approximate surface area is 477 Å². The molecule has 0 aliphatic carbocycles. The third-order valence-electron chi connectivity index (χ3n) is 16.7. The van der Waals surface area contributed by atoms with Crippen LogP contribution in [0.1, 0.15) is 93.9 Å². The Morgan fingerprint density at radius 3 is 1.50 bits per heavy atom. The second kappa shape index (κ2) is 22.6. The number of fused-ring (bicyclic) bond motifs is 4. The lowest BCUT2D eigenvalue weighted by Gasteiger charge is -2.41. The molecule has 14 nitrogen and oxygen atoms in total. The largest absolute Gasteiger partial charge is 0.495 e. The molecule has 3 aliphatic rings. The fourth-order valence-electron chi connectivity index (χ4n) is 11.7. The summed E-state index contributed by atoms with van der Waals surface area (Å²) in [4.78, 5) is 23.5. The van der Waals surface area contributed by atoms with Crippen molar-refractivity contribution in [2.75, 3.05) is 24.0 Å². The number of piperidine rings is 2. The van der Waals surface area contributed by atoms with Gasteiger partial charge in [0.2, 0.25) is 11.8 Å². The van der Waals surface area contributed by atoms with Crippen LogP contribution in [0.5, 0.6) is 11.8 Å². The number of hydrogen-bond acceptors (Lipinski definition) is 12. The van der Waals surface area contributed by atoms with Gasteiger partial charge in [-0.3, -0.25) is 0 Å². The highest BCUT2D eigenvalue weighted by Crippen LogP contribution is 2.38. The van der Waals surface area contributed by atoms with Crippen LogP contribution in [-0.2, 0) is 9.31 Å². The van der Waals surface area contributed by atoms with Gasteiger partial charge < -0.3 is 28.6 Å². The number of halogens is 1. The van der Waals surface area contributed by atoms with E-state index in [-0.39, 0.29) is 18.3 Å². The van der Waals surface area contributed by atoms with E-state index in [1.807, 2.05) is 88.4 Å². The van der Waals surface area contributed by atoms with Crippen LogP contribution in [0.25, 0.3) is 66.5 Å². The number of rotatable bonds is 8. The molecule has 16 heteroatoms. The molecule has 4 aromatic carbocycles. The van der Waals surface area contributed by atoms with Crippen LogP contribution in [0, 0.1) is 0 Å². The van der Waals surface area contributed by atoms with Gasteiger partial charge in [-0.1, -0.05) is 48.5 Å². The minimum atomic E-state index is -0.381. The Morgan fingerprint density at radius 1 is 0.512 bits per heavy atom. The fraction of sp³-hybridized carbons (Fsp3) is 0.344. The number of anilines is 2. The maximum Gasteiger partial charge on any atom is 0.495 e. The van der Waals surface area contributed by atoms with E-state index in [4.69, 9.17) is 23.8 Å². The van der Waals surface area contributed by atoms with E-state index in [9.17, 15) is 0 Å². The van der Waals surface area contributed by atoms with Crippen LogP contribution in [0.2, 0.25) is 0 Å². The molecule has 13 rings (SSSR count). The normalized spacial score (nSPS) is 19.7. The summed E-state index contributed by atoms with van der Waals surface area (Å²) >= 11 is 3.46. The van der Waals surface area contributed by atoms with Crippen molar-refractivity contribution in [2.45, 2.75) is 129 Å². The summed E-state index contributed by atoms with van der Waals surface area (Å²) in [6.07, 6.45) is 19.3. The Hall–Kier alpha value is -7.40. The lowest BCUT2D eigenvalue weighted by atomic mass is 9.77. The molecule has 10 aromatic rings. The van der Waals surface area contributed by atoms with E-state index in [1.165, 1.54) is 49.9 Å². The van der Waals surface area contributed by atoms with Crippen LogP contribution >= 0.6 is 15.9 Å². The number of nitrogens with zero attached hydrogens (tertiary/aromatic N) is 10. The Kier molecular flexibility index (Phi) is 15.4. The predicted octanol–water partition coefficient (Wildman–Crippen LogP) is 13.9. The van der Waals surface area contributed by atoms with Gasteiger partial charge in [-0.25, -0.2) is 29.0 Å². The van der Waals surface area contributed by atoms with Gasteiger partial charge in [0, 0.05) is 99.9 Å². The standard InChI is InChI=1S/C29H29N5O.C19H21BrN4.C16H20BNO3/c1-19-6-4-7-20(2)34(19)23-12-10-21(11-13-23)22-16-30-29-26(17-31-33(29)18-22)24-8-5-9-27-25(24)14-15-28(32-27)35-3;1-13-4-3-5-14(2)24(13)17-8-6-15(7-9-17)16-10-21-19-18(20)11-22-23(19)12-16;1-15(2)16(3,4)21-17(20-15)12-7-6-8-13-11(12)9-10-14(18-13)19-5/h5,8-20H,4,6-7H2,1-3H3;6-14H,3-5H2,1-2H3;6-10H,1-5H3/t19-,20+;13-,14+;. The first-order valence-corrected chi connectivity index (χ1v) is 28.7. The van der Waals surface area contributed by atoms with E-state index in [2.05, 4.69) is 167 Å². The van der Waals surface area contributed by atoms with Crippen LogP contribution in [0.15, 0.2) is 151 Å². The van der Waals surface area contributed by atoms with Crippen molar-refractivity contribution >= 4 is 73.0 Å². The van der Waals surface area contributed by atoms with Crippen molar-refractivity contribution in [3.05, 3.63) is 151 Å². The molecular formula is C64H70BBrN10O4. The summed E-state index contributed by atoms with van der Waals surface area (Å²) in [7, 11) is 2.87. The molecule has 3 saturated heterocycles. The van der Waals surface area contributed by atoms with Crippen molar-refractivity contribution in [2.24, 2.45) is 0 Å². The number of benzene rings is 4. The van der Waals surface area contributed by atoms with E-state index >= 15 is 0 Å². The highest BCUT2D eigenvalue weighted by Gasteiger charge is 2.52. The fourth-order valence-corrected chi connectivity index (χ4v) is 12.0. The summed E-state index contributed by atoms with van der Waals surface area (Å²) < 4.78 is 27.3. The second-order valence-electron chi connectivity index (χ2n) is 22.5. The number of methoxy groups -OCH3 is 2. The molecule has 0 spiro atoms. The Balaban J connectivity index is 0.000000132. The van der Waals surface area contributed by atoms with E-state index < -0.39 is 0 Å². The number of hydrogen-bond donors (Lipinski definition) is 0. The van der Waals surface area contributed by atoms with Gasteiger partial charge in [0.1, 0.15) is 0 Å². The Bertz CT molecular complexity index is 3780. The zero-order valence-electron chi connectivity index (χ0n) is 47.5. The van der Waals surface area contributed by atoms with Crippen molar-refractivity contribution in [1.82, 2.24) is 39.2 Å². The first-order valence-electron chi connectivity index (χ1n) is 27.9. The highest BCUT2D eigenvalue weighted by molar-refractivity contribution is 9.10. The Morgan fingerprint density at radius 2 is 0.975 bits per heavy atom. The second-order valence-corrected chi connectivity index (χ2v) is 23.4. The molecule has 0 radical (unpaired) electrons. The molecule has 6 aromatic heterocycles. The first-order chi connectivity index (χ1) is 38.6. The van der Waals surface area contributed by atoms with Crippen LogP contribution in [-0.4, -0.2) is 95.9 Å². The van der Waals surface area contributed by atoms with Gasteiger partial charge >= 0.3 is 7.12 Å². The van der Waals surface area contributed by atoms with Gasteiger partial charge in [-0.2, -0.15) is 10.2 Å². The van der Waals surface area contributed by atoms with Gasteiger partial charge in [-0.05, 0) is 181 Å². The van der Waals surface area contributed by atoms with E-state index in [0.29, 0.717) is 35.9 Å². The zero-order valence-corrected chi connectivity index (χ0v) is 49.1. The van der Waals surface area contributed by atoms with Gasteiger partial charge in [-0.15, -0.1) is 0 Å². The molecule has 9 heterocycles. The van der Waals surface area contributed by atoms with Crippen molar-refractivity contribution < 1.29 is 18.8 Å². The zero-order chi connectivity index (χ0) is 55.9. The third-order valence-corrected chi connectivity index (χ3v) is 17.3. The lowest BCUT2D eigenvalue weighted by molar-refractivity contribution is 0.00578. The van der Waals surface area contributed by atoms with Crippen molar-refractivity contribution in [1.29, 1.82) is 0 Å². The van der Waals surface area contributed by atoms with Crippen molar-refractivity contribution in [3.8, 4) is 45.1 Å². The third kappa shape index (κ3) is 10.8. The molecule has 0 saturated carbocycles. The lowest BCUT2D eigenvalue weighted by Crippen LogP contribution is -2.43. The molecular weight excluding hydrogens is 1060 g/mol. The molecule has 0 amide bonds. The molecule has 3 fully saturated rings. The SMILES string of the molecule is COc1ccc2c(-c3cnn4cc(-c5ccc(N6[C@H](C)CCC[C@@H]6C)cc5)cnc34)cccc2n1.COc1ccc2c(B3OC(C)(C)C(C)(C)O3)cccc2n1.C[C@@H]1CCC[C@H](C)N1c1ccc(-c2cnc3c(Br)cnn3c2)cc1. The number of ether oxygens (including phenoxy) is 2. The van der Waals surface area contributed by atoms with Crippen molar-refractivity contribution in [3.63, 3.8) is 0 Å². The summed E-state index contributed by atoms with van der Waals surface area (Å²) in [5.74, 6) is 1.21. The minimum Gasteiger partial charge on any atom is -0.481 e. The molecule has 410 valence electrons. The van der Waals surface area contributed by atoms with Crippen LogP contribution < -0.4 is 24.7 Å². The van der Waals surface area contributed by atoms with Crippen LogP contribution in [0.3, 0.4) is 0 Å². The summed E-state index contributed by atoms with van der Waals surface area (Å²) in [6.45, 7) is 17.5. The minimum absolute atomic E-state index is 0.347. The maximum absolute atomic E-state index is 6.13. The van der Waals surface area contributed by atoms with Gasteiger partial charge in [0.05, 0.1) is 53.3 Å². The summed E-state index contributed by atoms with van der Waals surface area (Å²) in [5.41, 5.74) is 12.8. The van der Waals surface area contributed by atoms with Gasteiger partial charge in [0.25, 0.3) is 0 Å². The molecule has 80 heavy (non-hydrogen) atoms. The molecule has 4 atom stereocenters. The highest BCUT2D eigenvalue weighted by atomic mass is 79.9. The smallest absolute Gasteiger partial charge is 0.481 e. The monoisotopic (exact) mass is 1130 g/mol. The predicted molar refractivity (Wildman–Crippen MR) is 326 cm³/mol. The van der Waals surface area contributed by atoms with E-state index in [0.717, 1.165) is 76.4 Å². The molecule has 0 unspecified atom stereocenters. The average molecular weight is 1130 g/mol. The topological polar surface area (TPSA) is 130 Å². The summed E-state index contributed by atoms with van der Waals surface area (Å²) in [6, 6.07) is 39.9. The van der Waals surface area contributed by atoms with Gasteiger partial charge in [0.15, 0.2) is 11.3 Å².